The van der Waals surface area contributed by atoms with Crippen LogP contribution < -0.4 is 0 Å². The van der Waals surface area contributed by atoms with E-state index >= 15 is 0 Å². The molecular weight excluding hydrogens is 270 g/mol. The summed E-state index contributed by atoms with van der Waals surface area (Å²) < 4.78 is 6.60. The topological polar surface area (TPSA) is 63.9 Å². The van der Waals surface area contributed by atoms with E-state index < -0.39 is 0 Å². The highest BCUT2D eigenvalue weighted by Gasteiger charge is 2.38. The van der Waals surface area contributed by atoms with Crippen molar-refractivity contribution in [1.29, 1.82) is 0 Å². The van der Waals surface area contributed by atoms with Gasteiger partial charge < -0.3 is 14.0 Å². The highest BCUT2D eigenvalue weighted by atomic mass is 16.5. The number of nitrogens with zero attached hydrogens (tertiary/aromatic N) is 3. The van der Waals surface area contributed by atoms with Crippen molar-refractivity contribution in [3.8, 4) is 0 Å². The highest BCUT2D eigenvalue weighted by molar-refractivity contribution is 5.93. The van der Waals surface area contributed by atoms with Crippen LogP contribution in [-0.4, -0.2) is 46.4 Å². The van der Waals surface area contributed by atoms with Gasteiger partial charge in [-0.05, 0) is 18.1 Å². The van der Waals surface area contributed by atoms with Crippen molar-refractivity contribution in [1.82, 2.24) is 14.3 Å². The minimum absolute atomic E-state index is 0.0958. The second-order valence-corrected chi connectivity index (χ2v) is 5.41. The summed E-state index contributed by atoms with van der Waals surface area (Å²) >= 11 is 0. The van der Waals surface area contributed by atoms with Gasteiger partial charge in [-0.2, -0.15) is 0 Å². The molecule has 6 nitrogen and oxygen atoms in total. The summed E-state index contributed by atoms with van der Waals surface area (Å²) in [6.07, 6.45) is 3.57. The van der Waals surface area contributed by atoms with E-state index in [1.807, 2.05) is 35.7 Å². The van der Waals surface area contributed by atoms with Gasteiger partial charge in [-0.1, -0.05) is 13.0 Å². The normalized spacial score (nSPS) is 21.7. The molecule has 2 aromatic rings. The first-order valence-electron chi connectivity index (χ1n) is 6.91. The number of ether oxygens (including phenoxy) is 1. The van der Waals surface area contributed by atoms with Crippen LogP contribution in [0, 0.1) is 11.8 Å². The van der Waals surface area contributed by atoms with Gasteiger partial charge in [0.15, 0.2) is 0 Å². The SMILES string of the molecule is COC(=O)C1CN(C(=O)c2cn3ccccc3n2)CC1C. The molecule has 6 heteroatoms. The molecule has 2 unspecified atom stereocenters. The number of rotatable bonds is 2. The molecule has 1 aliphatic rings. The van der Waals surface area contributed by atoms with Crippen molar-refractivity contribution in [2.75, 3.05) is 20.2 Å². The predicted molar refractivity (Wildman–Crippen MR) is 75.8 cm³/mol. The van der Waals surface area contributed by atoms with Crippen LogP contribution in [0.1, 0.15) is 17.4 Å². The van der Waals surface area contributed by atoms with Crippen molar-refractivity contribution in [2.45, 2.75) is 6.92 Å². The monoisotopic (exact) mass is 287 g/mol. The molecule has 1 saturated heterocycles. The molecule has 3 rings (SSSR count). The lowest BCUT2D eigenvalue weighted by molar-refractivity contribution is -0.146. The predicted octanol–water partition coefficient (Wildman–Crippen LogP) is 1.22. The third-order valence-corrected chi connectivity index (χ3v) is 3.99. The van der Waals surface area contributed by atoms with E-state index in [9.17, 15) is 9.59 Å². The quantitative estimate of drug-likeness (QED) is 0.779. The van der Waals surface area contributed by atoms with Crippen LogP contribution >= 0.6 is 0 Å². The van der Waals surface area contributed by atoms with E-state index in [1.54, 1.807) is 11.1 Å². The molecule has 2 aromatic heterocycles. The summed E-state index contributed by atoms with van der Waals surface area (Å²) in [5, 5.41) is 0. The van der Waals surface area contributed by atoms with E-state index in [0.29, 0.717) is 18.8 Å². The molecule has 0 N–H and O–H groups in total. The van der Waals surface area contributed by atoms with Crippen LogP contribution in [0.5, 0.6) is 0 Å². The third-order valence-electron chi connectivity index (χ3n) is 3.99. The van der Waals surface area contributed by atoms with Gasteiger partial charge in [0, 0.05) is 25.5 Å². The highest BCUT2D eigenvalue weighted by Crippen LogP contribution is 2.25. The Morgan fingerprint density at radius 2 is 2.14 bits per heavy atom. The number of fused-ring (bicyclic) bond motifs is 1. The van der Waals surface area contributed by atoms with Crippen LogP contribution in [-0.2, 0) is 9.53 Å². The van der Waals surface area contributed by atoms with Crippen molar-refractivity contribution in [3.63, 3.8) is 0 Å². The van der Waals surface area contributed by atoms with E-state index in [0.717, 1.165) is 5.65 Å². The Balaban J connectivity index is 1.81. The van der Waals surface area contributed by atoms with E-state index in [4.69, 9.17) is 4.74 Å². The Kier molecular flexibility index (Phi) is 3.37. The fraction of sp³-hybridized carbons (Fsp3) is 0.400. The first kappa shape index (κ1) is 13.6. The Labute approximate surface area is 122 Å². The maximum Gasteiger partial charge on any atom is 0.310 e. The molecule has 0 spiro atoms. The first-order valence-corrected chi connectivity index (χ1v) is 6.91. The van der Waals surface area contributed by atoms with Gasteiger partial charge in [-0.15, -0.1) is 0 Å². The summed E-state index contributed by atoms with van der Waals surface area (Å²) in [6.45, 7) is 2.89. The van der Waals surface area contributed by atoms with Gasteiger partial charge >= 0.3 is 5.97 Å². The molecule has 1 amide bonds. The molecule has 21 heavy (non-hydrogen) atoms. The molecule has 0 radical (unpaired) electrons. The molecule has 0 aromatic carbocycles. The molecule has 110 valence electrons. The second-order valence-electron chi connectivity index (χ2n) is 5.41. The molecule has 0 bridgehead atoms. The number of methoxy groups -OCH3 is 1. The lowest BCUT2D eigenvalue weighted by atomic mass is 9.99. The largest absolute Gasteiger partial charge is 0.469 e. The Bertz CT molecular complexity index is 661. The molecule has 3 heterocycles. The standard InChI is InChI=1S/C15H17N3O3/c1-10-7-18(8-11(10)15(20)21-2)14(19)12-9-17-6-4-3-5-13(17)16-12/h3-6,9-11H,7-8H2,1-2H3. The van der Waals surface area contributed by atoms with Crippen molar-refractivity contribution >= 4 is 17.5 Å². The number of pyridine rings is 1. The van der Waals surface area contributed by atoms with E-state index in [-0.39, 0.29) is 23.7 Å². The average Bonchev–Trinajstić information content (AvgIpc) is 3.09. The van der Waals surface area contributed by atoms with Crippen LogP contribution in [0.4, 0.5) is 0 Å². The van der Waals surface area contributed by atoms with Crippen LogP contribution in [0.25, 0.3) is 5.65 Å². The minimum atomic E-state index is -0.257. The van der Waals surface area contributed by atoms with E-state index in [2.05, 4.69) is 4.98 Å². The Hall–Kier alpha value is -2.37. The minimum Gasteiger partial charge on any atom is -0.469 e. The van der Waals surface area contributed by atoms with Gasteiger partial charge in [0.25, 0.3) is 5.91 Å². The fourth-order valence-corrected chi connectivity index (χ4v) is 2.79. The Morgan fingerprint density at radius 3 is 2.86 bits per heavy atom. The summed E-state index contributed by atoms with van der Waals surface area (Å²) in [5.74, 6) is -0.556. The lowest BCUT2D eigenvalue weighted by Crippen LogP contribution is -2.30. The molecule has 0 aliphatic carbocycles. The van der Waals surface area contributed by atoms with Crippen molar-refractivity contribution in [3.05, 3.63) is 36.3 Å². The van der Waals surface area contributed by atoms with Crippen LogP contribution in [0.2, 0.25) is 0 Å². The zero-order valence-electron chi connectivity index (χ0n) is 12.0. The van der Waals surface area contributed by atoms with Crippen molar-refractivity contribution in [2.24, 2.45) is 11.8 Å². The number of imidazole rings is 1. The molecule has 2 atom stereocenters. The summed E-state index contributed by atoms with van der Waals surface area (Å²) in [7, 11) is 1.38. The fourth-order valence-electron chi connectivity index (χ4n) is 2.79. The Morgan fingerprint density at radius 1 is 1.33 bits per heavy atom. The number of aromatic nitrogens is 2. The maximum absolute atomic E-state index is 12.5. The maximum atomic E-state index is 12.5. The molecular formula is C15H17N3O3. The zero-order valence-corrected chi connectivity index (χ0v) is 12.0. The number of carbonyl (C=O) groups is 2. The van der Waals surface area contributed by atoms with Crippen LogP contribution in [0.15, 0.2) is 30.6 Å². The number of carbonyl (C=O) groups excluding carboxylic acids is 2. The van der Waals surface area contributed by atoms with Gasteiger partial charge in [-0.3, -0.25) is 9.59 Å². The number of amides is 1. The average molecular weight is 287 g/mol. The molecule has 0 saturated carbocycles. The van der Waals surface area contributed by atoms with Gasteiger partial charge in [0.05, 0.1) is 13.0 Å². The van der Waals surface area contributed by atoms with Gasteiger partial charge in [0.1, 0.15) is 11.3 Å². The summed E-state index contributed by atoms with van der Waals surface area (Å²) in [5.41, 5.74) is 1.14. The zero-order chi connectivity index (χ0) is 15.0. The summed E-state index contributed by atoms with van der Waals surface area (Å²) in [6, 6.07) is 5.61. The van der Waals surface area contributed by atoms with Crippen molar-refractivity contribution < 1.29 is 14.3 Å². The third kappa shape index (κ3) is 2.37. The smallest absolute Gasteiger partial charge is 0.310 e. The number of esters is 1. The van der Waals surface area contributed by atoms with Gasteiger partial charge in [-0.25, -0.2) is 4.98 Å². The second kappa shape index (κ2) is 5.20. The summed E-state index contributed by atoms with van der Waals surface area (Å²) in [4.78, 5) is 30.2. The number of likely N-dealkylation sites (tertiary alicyclic amines) is 1. The lowest BCUT2D eigenvalue weighted by Gasteiger charge is -2.14. The molecule has 1 aliphatic heterocycles. The van der Waals surface area contributed by atoms with Crippen LogP contribution in [0.3, 0.4) is 0 Å². The molecule has 1 fully saturated rings. The first-order chi connectivity index (χ1) is 10.1. The number of hydrogen-bond acceptors (Lipinski definition) is 4. The number of hydrogen-bond donors (Lipinski definition) is 0. The van der Waals surface area contributed by atoms with Gasteiger partial charge in [0.2, 0.25) is 0 Å². The van der Waals surface area contributed by atoms with E-state index in [1.165, 1.54) is 7.11 Å².